The molecule has 2 aromatic carbocycles. The van der Waals surface area contributed by atoms with Gasteiger partial charge >= 0.3 is 0 Å². The van der Waals surface area contributed by atoms with Crippen LogP contribution in [0.4, 0.5) is 5.95 Å². The van der Waals surface area contributed by atoms with Crippen molar-refractivity contribution < 1.29 is 9.47 Å². The average Bonchev–Trinajstić information content (AvgIpc) is 3.18. The van der Waals surface area contributed by atoms with Crippen molar-refractivity contribution in [1.82, 2.24) is 20.2 Å². The molecule has 8 heteroatoms. The largest absolute Gasteiger partial charge is 0.490 e. The summed E-state index contributed by atoms with van der Waals surface area (Å²) in [6.45, 7) is 6.40. The van der Waals surface area contributed by atoms with Gasteiger partial charge in [-0.2, -0.15) is 0 Å². The maximum atomic E-state index is 6.21. The van der Waals surface area contributed by atoms with Crippen LogP contribution in [-0.2, 0) is 19.7 Å². The first-order valence-corrected chi connectivity index (χ1v) is 10.2. The predicted molar refractivity (Wildman–Crippen MR) is 113 cm³/mol. The Hall–Kier alpha value is -2.80. The molecule has 3 aromatic rings. The molecular weight excluding hydrogens is 390 g/mol. The molecule has 1 N–H and O–H groups in total. The van der Waals surface area contributed by atoms with Crippen LogP contribution in [0.1, 0.15) is 37.8 Å². The molecule has 0 aliphatic carbocycles. The van der Waals surface area contributed by atoms with E-state index < -0.39 is 0 Å². The number of anilines is 1. The number of nitrogens with one attached hydrogen (secondary N) is 1. The van der Waals surface area contributed by atoms with E-state index in [1.807, 2.05) is 49.4 Å². The Bertz CT molecular complexity index is 916. The molecule has 0 bridgehead atoms. The Morgan fingerprint density at radius 3 is 2.72 bits per heavy atom. The lowest BCUT2D eigenvalue weighted by Gasteiger charge is -2.14. The number of halogens is 1. The molecular formula is C21H26ClN5O2. The number of rotatable bonds is 11. The summed E-state index contributed by atoms with van der Waals surface area (Å²) in [6.07, 6.45) is 2.12. The van der Waals surface area contributed by atoms with E-state index in [0.29, 0.717) is 42.2 Å². The van der Waals surface area contributed by atoms with Gasteiger partial charge in [0.25, 0.3) is 0 Å². The molecule has 1 aromatic heterocycles. The van der Waals surface area contributed by atoms with E-state index in [1.165, 1.54) is 0 Å². The minimum atomic E-state index is 0.379. The first-order valence-electron chi connectivity index (χ1n) is 9.83. The van der Waals surface area contributed by atoms with Crippen LogP contribution in [-0.4, -0.2) is 26.8 Å². The minimum absolute atomic E-state index is 0.379. The second-order valence-corrected chi connectivity index (χ2v) is 6.93. The normalized spacial score (nSPS) is 10.7. The van der Waals surface area contributed by atoms with Crippen LogP contribution in [0.5, 0.6) is 11.5 Å². The zero-order chi connectivity index (χ0) is 20.5. The highest BCUT2D eigenvalue weighted by molar-refractivity contribution is 6.31. The number of nitrogens with zero attached hydrogens (tertiary/aromatic N) is 4. The molecule has 0 atom stereocenters. The minimum Gasteiger partial charge on any atom is -0.490 e. The fraction of sp³-hybridized carbons (Fsp3) is 0.381. The maximum Gasteiger partial charge on any atom is 0.243 e. The molecule has 1 heterocycles. The van der Waals surface area contributed by atoms with E-state index in [1.54, 1.807) is 4.68 Å². The molecule has 0 amide bonds. The van der Waals surface area contributed by atoms with Crippen molar-refractivity contribution >= 4 is 17.5 Å². The van der Waals surface area contributed by atoms with Crippen molar-refractivity contribution in [2.24, 2.45) is 0 Å². The van der Waals surface area contributed by atoms with Crippen LogP contribution in [0.3, 0.4) is 0 Å². The third kappa shape index (κ3) is 5.84. The summed E-state index contributed by atoms with van der Waals surface area (Å²) >= 11 is 6.21. The van der Waals surface area contributed by atoms with Gasteiger partial charge in [-0.25, -0.2) is 4.68 Å². The Balaban J connectivity index is 1.66. The zero-order valence-corrected chi connectivity index (χ0v) is 17.5. The van der Waals surface area contributed by atoms with Gasteiger partial charge in [-0.15, -0.1) is 0 Å². The third-order valence-corrected chi connectivity index (χ3v) is 4.72. The van der Waals surface area contributed by atoms with Crippen molar-refractivity contribution in [3.05, 3.63) is 58.6 Å². The van der Waals surface area contributed by atoms with E-state index in [-0.39, 0.29) is 0 Å². The number of aromatic nitrogens is 4. The molecule has 0 radical (unpaired) electrons. The highest BCUT2D eigenvalue weighted by Crippen LogP contribution is 2.30. The van der Waals surface area contributed by atoms with Crippen LogP contribution < -0.4 is 14.8 Å². The quantitative estimate of drug-likeness (QED) is 0.488. The molecule has 0 spiro atoms. The molecule has 0 saturated heterocycles. The van der Waals surface area contributed by atoms with E-state index >= 15 is 0 Å². The fourth-order valence-electron chi connectivity index (χ4n) is 2.79. The number of aryl methyl sites for hydroxylation is 1. The molecule has 0 aliphatic heterocycles. The summed E-state index contributed by atoms with van der Waals surface area (Å²) in [5.74, 6) is 2.04. The van der Waals surface area contributed by atoms with E-state index in [4.69, 9.17) is 21.1 Å². The van der Waals surface area contributed by atoms with Crippen LogP contribution >= 0.6 is 11.6 Å². The van der Waals surface area contributed by atoms with Gasteiger partial charge in [-0.05, 0) is 47.5 Å². The standard InChI is InChI=1S/C21H26ClN5O2/c1-3-5-12-27-21(24-25-26-27)23-14-16-10-11-19(20(13-16)28-4-2)29-15-17-8-6-7-9-18(17)22/h6-11,13H,3-5,12,14-15H2,1-2H3,(H,23,24,26). The number of hydrogen-bond donors (Lipinski definition) is 1. The van der Waals surface area contributed by atoms with Gasteiger partial charge in [0.05, 0.1) is 6.61 Å². The van der Waals surface area contributed by atoms with Gasteiger partial charge in [0.1, 0.15) is 6.61 Å². The van der Waals surface area contributed by atoms with Gasteiger partial charge in [-0.1, -0.05) is 54.3 Å². The topological polar surface area (TPSA) is 74.1 Å². The molecule has 154 valence electrons. The Kier molecular flexibility index (Phi) is 7.69. The van der Waals surface area contributed by atoms with Gasteiger partial charge in [-0.3, -0.25) is 0 Å². The lowest BCUT2D eigenvalue weighted by molar-refractivity contribution is 0.269. The predicted octanol–water partition coefficient (Wildman–Crippen LogP) is 4.72. The van der Waals surface area contributed by atoms with Crippen molar-refractivity contribution in [2.75, 3.05) is 11.9 Å². The molecule has 0 unspecified atom stereocenters. The van der Waals surface area contributed by atoms with Gasteiger partial charge < -0.3 is 14.8 Å². The first kappa shape index (κ1) is 20.9. The van der Waals surface area contributed by atoms with Crippen molar-refractivity contribution in [2.45, 2.75) is 46.4 Å². The Labute approximate surface area is 176 Å². The van der Waals surface area contributed by atoms with E-state index in [0.717, 1.165) is 30.5 Å². The number of unbranched alkanes of at least 4 members (excludes halogenated alkanes) is 1. The van der Waals surface area contributed by atoms with Gasteiger partial charge in [0.15, 0.2) is 11.5 Å². The number of ether oxygens (including phenoxy) is 2. The summed E-state index contributed by atoms with van der Waals surface area (Å²) in [6, 6.07) is 13.5. The smallest absolute Gasteiger partial charge is 0.243 e. The molecule has 0 fully saturated rings. The van der Waals surface area contributed by atoms with Crippen molar-refractivity contribution in [3.8, 4) is 11.5 Å². The van der Waals surface area contributed by atoms with Crippen LogP contribution in [0, 0.1) is 0 Å². The first-order chi connectivity index (χ1) is 14.2. The van der Waals surface area contributed by atoms with Crippen LogP contribution in [0.25, 0.3) is 0 Å². The van der Waals surface area contributed by atoms with Crippen LogP contribution in [0.2, 0.25) is 5.02 Å². The van der Waals surface area contributed by atoms with Gasteiger partial charge in [0.2, 0.25) is 5.95 Å². The zero-order valence-electron chi connectivity index (χ0n) is 16.8. The van der Waals surface area contributed by atoms with Gasteiger partial charge in [0, 0.05) is 23.7 Å². The Morgan fingerprint density at radius 1 is 1.07 bits per heavy atom. The summed E-state index contributed by atoms with van der Waals surface area (Å²) in [7, 11) is 0. The number of tetrazole rings is 1. The lowest BCUT2D eigenvalue weighted by Crippen LogP contribution is -2.09. The maximum absolute atomic E-state index is 6.21. The second kappa shape index (κ2) is 10.7. The highest BCUT2D eigenvalue weighted by Gasteiger charge is 2.10. The second-order valence-electron chi connectivity index (χ2n) is 6.53. The summed E-state index contributed by atoms with van der Waals surface area (Å²) < 4.78 is 13.5. The average molecular weight is 416 g/mol. The molecule has 29 heavy (non-hydrogen) atoms. The molecule has 7 nitrogen and oxygen atoms in total. The molecule has 0 aliphatic rings. The van der Waals surface area contributed by atoms with Crippen molar-refractivity contribution in [1.29, 1.82) is 0 Å². The Morgan fingerprint density at radius 2 is 1.93 bits per heavy atom. The SMILES string of the molecule is CCCCn1nnnc1NCc1ccc(OCc2ccccc2Cl)c(OCC)c1. The third-order valence-electron chi connectivity index (χ3n) is 4.35. The van der Waals surface area contributed by atoms with Crippen molar-refractivity contribution in [3.63, 3.8) is 0 Å². The summed E-state index contributed by atoms with van der Waals surface area (Å²) in [5.41, 5.74) is 1.98. The fourth-order valence-corrected chi connectivity index (χ4v) is 2.98. The van der Waals surface area contributed by atoms with E-state index in [2.05, 4.69) is 27.8 Å². The summed E-state index contributed by atoms with van der Waals surface area (Å²) in [5, 5.41) is 15.8. The highest BCUT2D eigenvalue weighted by atomic mass is 35.5. The number of benzene rings is 2. The monoisotopic (exact) mass is 415 g/mol. The molecule has 0 saturated carbocycles. The lowest BCUT2D eigenvalue weighted by atomic mass is 10.2. The van der Waals surface area contributed by atoms with Crippen LogP contribution in [0.15, 0.2) is 42.5 Å². The summed E-state index contributed by atoms with van der Waals surface area (Å²) in [4.78, 5) is 0. The van der Waals surface area contributed by atoms with E-state index in [9.17, 15) is 0 Å². The molecule has 3 rings (SSSR count). The number of hydrogen-bond acceptors (Lipinski definition) is 6.